The number of rotatable bonds is 7. The largest absolute Gasteiger partial charge is 0.484 e. The van der Waals surface area contributed by atoms with Crippen LogP contribution in [0.15, 0.2) is 53.3 Å². The number of hydrogen-bond acceptors (Lipinski definition) is 6. The number of amides is 1. The number of carbonyl (C=O) groups is 1. The summed E-state index contributed by atoms with van der Waals surface area (Å²) in [6, 6.07) is 14.3. The number of aromatic nitrogens is 2. The second-order valence-electron chi connectivity index (χ2n) is 8.55. The third-order valence-corrected chi connectivity index (χ3v) is 6.36. The molecule has 184 valence electrons. The molecular weight excluding hydrogens is 489 g/mol. The third-order valence-electron chi connectivity index (χ3n) is 5.85. The summed E-state index contributed by atoms with van der Waals surface area (Å²) in [6.45, 7) is 2.52. The summed E-state index contributed by atoms with van der Waals surface area (Å²) >= 11 is 11.9. The van der Waals surface area contributed by atoms with Gasteiger partial charge in [-0.2, -0.15) is 4.68 Å². The number of anilines is 1. The van der Waals surface area contributed by atoms with E-state index in [1.807, 2.05) is 31.2 Å². The lowest BCUT2D eigenvalue weighted by atomic mass is 10.1. The molecule has 0 aliphatic carbocycles. The van der Waals surface area contributed by atoms with Crippen LogP contribution in [0.3, 0.4) is 0 Å². The van der Waals surface area contributed by atoms with Crippen LogP contribution in [0.4, 0.5) is 5.95 Å². The number of benzene rings is 2. The molecule has 1 aliphatic heterocycles. The molecular formula is C25H27Cl2N5O3. The second-order valence-corrected chi connectivity index (χ2v) is 9.42. The molecule has 2 heterocycles. The van der Waals surface area contributed by atoms with E-state index in [9.17, 15) is 9.59 Å². The van der Waals surface area contributed by atoms with Crippen LogP contribution in [0.1, 0.15) is 29.8 Å². The maximum absolute atomic E-state index is 13.5. The zero-order valence-corrected chi connectivity index (χ0v) is 21.3. The van der Waals surface area contributed by atoms with Crippen LogP contribution < -0.4 is 20.6 Å². The van der Waals surface area contributed by atoms with Gasteiger partial charge in [0.15, 0.2) is 6.61 Å². The van der Waals surface area contributed by atoms with Gasteiger partial charge in [0.05, 0.1) is 23.8 Å². The fourth-order valence-corrected chi connectivity index (χ4v) is 4.19. The fourth-order valence-electron chi connectivity index (χ4n) is 3.94. The average molecular weight is 516 g/mol. The Balaban J connectivity index is 1.52. The van der Waals surface area contributed by atoms with Crippen LogP contribution in [-0.4, -0.2) is 47.7 Å². The molecule has 0 bridgehead atoms. The van der Waals surface area contributed by atoms with Gasteiger partial charge < -0.3 is 20.0 Å². The van der Waals surface area contributed by atoms with Crippen LogP contribution in [0.25, 0.3) is 0 Å². The first-order valence-electron chi connectivity index (χ1n) is 11.2. The molecule has 0 unspecified atom stereocenters. The molecule has 1 aliphatic rings. The topological polar surface area (TPSA) is 79.7 Å². The number of nitrogens with one attached hydrogen (secondary N) is 1. The molecule has 0 spiro atoms. The van der Waals surface area contributed by atoms with Crippen molar-refractivity contribution in [2.45, 2.75) is 25.9 Å². The van der Waals surface area contributed by atoms with Crippen molar-refractivity contribution in [3.63, 3.8) is 0 Å². The van der Waals surface area contributed by atoms with E-state index in [1.165, 1.54) is 4.68 Å². The molecule has 1 atom stereocenters. The predicted molar refractivity (Wildman–Crippen MR) is 138 cm³/mol. The Morgan fingerprint density at radius 3 is 2.37 bits per heavy atom. The SMILES string of the molecule is C[C@H](Nc1nc2c(c(=O)n1N(C)C)CN(C(=O)COc1ccc(Cl)cc1)CC2)c1ccc(Cl)cc1. The highest BCUT2D eigenvalue weighted by molar-refractivity contribution is 6.30. The number of fused-ring (bicyclic) bond motifs is 1. The molecule has 2 aromatic carbocycles. The Labute approximate surface area is 214 Å². The third kappa shape index (κ3) is 5.71. The smallest absolute Gasteiger partial charge is 0.278 e. The van der Waals surface area contributed by atoms with Crippen molar-refractivity contribution in [1.29, 1.82) is 0 Å². The van der Waals surface area contributed by atoms with Gasteiger partial charge >= 0.3 is 0 Å². The summed E-state index contributed by atoms with van der Waals surface area (Å²) in [5.74, 6) is 0.814. The van der Waals surface area contributed by atoms with E-state index in [-0.39, 0.29) is 30.7 Å². The molecule has 3 aromatic rings. The average Bonchev–Trinajstić information content (AvgIpc) is 2.83. The van der Waals surface area contributed by atoms with Crippen LogP contribution in [0.2, 0.25) is 10.0 Å². The molecule has 35 heavy (non-hydrogen) atoms. The Morgan fingerprint density at radius 2 is 1.74 bits per heavy atom. The molecule has 0 saturated carbocycles. The molecule has 4 rings (SSSR count). The number of halogens is 2. The molecule has 1 amide bonds. The van der Waals surface area contributed by atoms with Crippen LogP contribution in [0, 0.1) is 0 Å². The van der Waals surface area contributed by atoms with Gasteiger partial charge in [0.2, 0.25) is 5.95 Å². The van der Waals surface area contributed by atoms with Gasteiger partial charge in [-0.3, -0.25) is 9.59 Å². The highest BCUT2D eigenvalue weighted by atomic mass is 35.5. The van der Waals surface area contributed by atoms with Crippen molar-refractivity contribution in [2.24, 2.45) is 0 Å². The minimum atomic E-state index is -0.207. The van der Waals surface area contributed by atoms with Gasteiger partial charge in [-0.15, -0.1) is 0 Å². The van der Waals surface area contributed by atoms with Gasteiger partial charge in [-0.1, -0.05) is 35.3 Å². The second kappa shape index (κ2) is 10.6. The summed E-state index contributed by atoms with van der Waals surface area (Å²) in [4.78, 5) is 32.7. The first kappa shape index (κ1) is 24.9. The zero-order chi connectivity index (χ0) is 25.1. The Morgan fingerprint density at radius 1 is 1.11 bits per heavy atom. The first-order valence-corrected chi connectivity index (χ1v) is 12.0. The molecule has 0 fully saturated rings. The molecule has 1 N–H and O–H groups in total. The summed E-state index contributed by atoms with van der Waals surface area (Å²) < 4.78 is 7.08. The van der Waals surface area contributed by atoms with Crippen LogP contribution in [-0.2, 0) is 17.8 Å². The zero-order valence-electron chi connectivity index (χ0n) is 19.8. The van der Waals surface area contributed by atoms with Crippen molar-refractivity contribution < 1.29 is 9.53 Å². The molecule has 10 heteroatoms. The lowest BCUT2D eigenvalue weighted by molar-refractivity contribution is -0.134. The summed E-state index contributed by atoms with van der Waals surface area (Å²) in [5, 5.41) is 6.29. The van der Waals surface area contributed by atoms with Gasteiger partial charge in [0.25, 0.3) is 11.5 Å². The van der Waals surface area contributed by atoms with E-state index in [0.717, 1.165) is 5.56 Å². The Hall–Kier alpha value is -3.23. The number of hydrogen-bond donors (Lipinski definition) is 1. The monoisotopic (exact) mass is 515 g/mol. The minimum absolute atomic E-state index is 0.102. The summed E-state index contributed by atoms with van der Waals surface area (Å²) in [6.07, 6.45) is 0.482. The van der Waals surface area contributed by atoms with Crippen molar-refractivity contribution in [3.8, 4) is 5.75 Å². The Kier molecular flexibility index (Phi) is 7.52. The van der Waals surface area contributed by atoms with Crippen LogP contribution >= 0.6 is 23.2 Å². The first-order chi connectivity index (χ1) is 16.7. The lowest BCUT2D eigenvalue weighted by Crippen LogP contribution is -2.46. The highest BCUT2D eigenvalue weighted by Crippen LogP contribution is 2.22. The van der Waals surface area contributed by atoms with E-state index in [0.29, 0.717) is 46.0 Å². The normalized spacial score (nSPS) is 13.7. The van der Waals surface area contributed by atoms with Gasteiger partial charge in [-0.05, 0) is 48.9 Å². The maximum Gasteiger partial charge on any atom is 0.278 e. The van der Waals surface area contributed by atoms with E-state index in [2.05, 4.69) is 5.32 Å². The standard InChI is InChI=1S/C25H27Cl2N5O3/c1-16(17-4-6-18(26)7-5-17)28-25-29-22-12-13-31(14-21(22)24(34)32(25)30(2)3)23(33)15-35-20-10-8-19(27)9-11-20/h4-11,16H,12-15H2,1-3H3,(H,28,29)/t16-/m0/s1. The van der Waals surface area contributed by atoms with Gasteiger partial charge in [-0.25, -0.2) is 4.98 Å². The van der Waals surface area contributed by atoms with Crippen molar-refractivity contribution in [3.05, 3.63) is 85.8 Å². The van der Waals surface area contributed by atoms with E-state index in [1.54, 1.807) is 48.3 Å². The van der Waals surface area contributed by atoms with Gasteiger partial charge in [0.1, 0.15) is 5.75 Å². The van der Waals surface area contributed by atoms with Gasteiger partial charge in [0, 0.05) is 37.1 Å². The quantitative estimate of drug-likeness (QED) is 0.514. The minimum Gasteiger partial charge on any atom is -0.484 e. The molecule has 0 saturated heterocycles. The summed E-state index contributed by atoms with van der Waals surface area (Å²) in [5.41, 5.74) is 2.02. The number of carbonyl (C=O) groups excluding carboxylic acids is 1. The van der Waals surface area contributed by atoms with Crippen LogP contribution in [0.5, 0.6) is 5.75 Å². The molecule has 8 nitrogen and oxygen atoms in total. The lowest BCUT2D eigenvalue weighted by Gasteiger charge is -2.30. The summed E-state index contributed by atoms with van der Waals surface area (Å²) in [7, 11) is 3.55. The van der Waals surface area contributed by atoms with E-state index < -0.39 is 0 Å². The fraction of sp³-hybridized carbons (Fsp3) is 0.320. The van der Waals surface area contributed by atoms with E-state index >= 15 is 0 Å². The van der Waals surface area contributed by atoms with Crippen molar-refractivity contribution in [1.82, 2.24) is 14.6 Å². The maximum atomic E-state index is 13.5. The molecule has 1 aromatic heterocycles. The molecule has 0 radical (unpaired) electrons. The van der Waals surface area contributed by atoms with Crippen molar-refractivity contribution in [2.75, 3.05) is 37.6 Å². The Bertz CT molecular complexity index is 1260. The highest BCUT2D eigenvalue weighted by Gasteiger charge is 2.27. The van der Waals surface area contributed by atoms with E-state index in [4.69, 9.17) is 32.9 Å². The number of ether oxygens (including phenoxy) is 1. The predicted octanol–water partition coefficient (Wildman–Crippen LogP) is 3.88. The number of nitrogens with zero attached hydrogens (tertiary/aromatic N) is 4. The van der Waals surface area contributed by atoms with Crippen molar-refractivity contribution >= 4 is 35.1 Å².